The number of nitrogens with zero attached hydrogens (tertiary/aromatic N) is 1. The Morgan fingerprint density at radius 3 is 2.26 bits per heavy atom. The van der Waals surface area contributed by atoms with Crippen molar-refractivity contribution < 1.29 is 58.9 Å². The molecule has 0 saturated carbocycles. The largest absolute Gasteiger partial charge is 0.422 e. The standard InChI is InChI=1S/C51H66N2O13/c1-10-12-15-27-38-50(6,7)45(57)46(58)51(62,66-38)35(11-2)47(59)52-29-21-20-23-32(4)43(63-9)33(5)44-42(56)41(55)37(64-44)26-19-13-16-22-31(3)40(54)39-36(28-30-53(8)48(39)60)65-49(61)34-24-17-14-18-25-34/h10,12-28,30,33,35,37-38,41-46,55-58,62H,11,29H2,1-9H3,(H,52,59)/b12-10-,16-13+,21-20+,26-19+,27-15+,31-22+,32-23+/t33-,35-,37-,38+,41+,42+,43-,44+,45+,46-,51-/m1/s1. The van der Waals surface area contributed by atoms with Crippen LogP contribution in [0.25, 0.3) is 0 Å². The second-order valence-electron chi connectivity index (χ2n) is 17.2. The van der Waals surface area contributed by atoms with Crippen LogP contribution in [0.4, 0.5) is 0 Å². The SMILES string of the molecule is C/C=C\C=C\[C@@H]1O[C@](O)([C@H](CC)C(=O)NC/C=C/C=C(\C)[C@@H](OC)[C@@H](C)[C@@H]2O[C@H](/C=C/C=C/C=C(\C)C(=O)c3c(OC(=O)c4ccccc4)ccn(C)c3=O)[C@H](O)[C@@H]2O)[C@H](O)[C@H](O)C1(C)C. The number of allylic oxidation sites excluding steroid dienone is 10. The monoisotopic (exact) mass is 914 g/mol. The van der Waals surface area contributed by atoms with Crippen LogP contribution in [-0.2, 0) is 26.1 Å². The van der Waals surface area contributed by atoms with Gasteiger partial charge in [-0.05, 0) is 56.5 Å². The number of ketones is 1. The van der Waals surface area contributed by atoms with Crippen molar-refractivity contribution in [3.63, 3.8) is 0 Å². The van der Waals surface area contributed by atoms with Crippen molar-refractivity contribution in [2.24, 2.45) is 24.3 Å². The van der Waals surface area contributed by atoms with E-state index in [1.807, 2.05) is 26.8 Å². The van der Waals surface area contributed by atoms with Crippen molar-refractivity contribution in [2.75, 3.05) is 13.7 Å². The molecule has 4 rings (SSSR count). The van der Waals surface area contributed by atoms with E-state index in [2.05, 4.69) is 5.32 Å². The number of pyridine rings is 1. The maximum absolute atomic E-state index is 13.4. The topological polar surface area (TPSA) is 223 Å². The maximum Gasteiger partial charge on any atom is 0.343 e. The summed E-state index contributed by atoms with van der Waals surface area (Å²) in [4.78, 5) is 52.6. The van der Waals surface area contributed by atoms with Crippen LogP contribution in [0.1, 0.15) is 75.6 Å². The molecule has 2 fully saturated rings. The molecule has 1 aromatic heterocycles. The molecule has 2 aromatic rings. The number of hydrogen-bond acceptors (Lipinski definition) is 13. The lowest BCUT2D eigenvalue weighted by molar-refractivity contribution is -0.359. The summed E-state index contributed by atoms with van der Waals surface area (Å²) >= 11 is 0. The summed E-state index contributed by atoms with van der Waals surface area (Å²) in [5.41, 5.74) is -0.667. The van der Waals surface area contributed by atoms with Gasteiger partial charge in [-0.15, -0.1) is 0 Å². The summed E-state index contributed by atoms with van der Waals surface area (Å²) < 4.78 is 24.6. The highest BCUT2D eigenvalue weighted by molar-refractivity contribution is 6.10. The van der Waals surface area contributed by atoms with Gasteiger partial charge >= 0.3 is 5.97 Å². The Labute approximate surface area is 386 Å². The highest BCUT2D eigenvalue weighted by Gasteiger charge is 2.60. The fourth-order valence-electron chi connectivity index (χ4n) is 8.07. The van der Waals surface area contributed by atoms with Crippen LogP contribution in [0.15, 0.2) is 131 Å². The maximum atomic E-state index is 13.4. The lowest BCUT2D eigenvalue weighted by Gasteiger charge is -2.53. The number of rotatable bonds is 19. The fourth-order valence-corrected chi connectivity index (χ4v) is 8.07. The molecule has 1 amide bonds. The molecule has 6 N–H and O–H groups in total. The van der Waals surface area contributed by atoms with Crippen molar-refractivity contribution in [1.82, 2.24) is 9.88 Å². The minimum absolute atomic E-state index is 0.0716. The number of methoxy groups -OCH3 is 1. The van der Waals surface area contributed by atoms with Gasteiger partial charge in [0.05, 0.1) is 35.9 Å². The summed E-state index contributed by atoms with van der Waals surface area (Å²) in [5.74, 6) is -6.06. The number of esters is 1. The van der Waals surface area contributed by atoms with Gasteiger partial charge in [0, 0.05) is 38.2 Å². The zero-order valence-electron chi connectivity index (χ0n) is 39.1. The van der Waals surface area contributed by atoms with Crippen molar-refractivity contribution in [3.8, 4) is 5.75 Å². The molecule has 15 heteroatoms. The zero-order valence-corrected chi connectivity index (χ0v) is 39.1. The Kier molecular flexibility index (Phi) is 19.3. The summed E-state index contributed by atoms with van der Waals surface area (Å²) in [6, 6.07) is 9.58. The van der Waals surface area contributed by atoms with E-state index in [9.17, 15) is 44.7 Å². The van der Waals surface area contributed by atoms with Crippen LogP contribution in [0.5, 0.6) is 5.75 Å². The number of aryl methyl sites for hydroxylation is 1. The van der Waals surface area contributed by atoms with Crippen molar-refractivity contribution >= 4 is 17.7 Å². The Bertz CT molecular complexity index is 2270. The number of hydrogen-bond donors (Lipinski definition) is 6. The van der Waals surface area contributed by atoms with Gasteiger partial charge in [-0.25, -0.2) is 4.79 Å². The Morgan fingerprint density at radius 1 is 0.924 bits per heavy atom. The van der Waals surface area contributed by atoms with Gasteiger partial charge in [-0.1, -0.05) is 119 Å². The number of carbonyl (C=O) groups excluding carboxylic acids is 3. The highest BCUT2D eigenvalue weighted by atomic mass is 16.7. The second-order valence-corrected chi connectivity index (χ2v) is 17.2. The summed E-state index contributed by atoms with van der Waals surface area (Å²) in [7, 11) is 3.01. The first kappa shape index (κ1) is 53.3. The van der Waals surface area contributed by atoms with E-state index in [-0.39, 0.29) is 35.4 Å². The number of amides is 1. The van der Waals surface area contributed by atoms with Crippen LogP contribution in [-0.4, -0.2) is 116 Å². The molecule has 11 atom stereocenters. The van der Waals surface area contributed by atoms with E-state index in [1.165, 1.54) is 44.0 Å². The third-order valence-electron chi connectivity index (χ3n) is 12.2. The number of nitrogens with one attached hydrogen (secondary N) is 1. The molecule has 66 heavy (non-hydrogen) atoms. The van der Waals surface area contributed by atoms with Gasteiger partial charge < -0.3 is 54.4 Å². The number of aliphatic hydroxyl groups excluding tert-OH is 4. The zero-order chi connectivity index (χ0) is 48.9. The van der Waals surface area contributed by atoms with E-state index in [0.717, 1.165) is 5.57 Å². The highest BCUT2D eigenvalue weighted by Crippen LogP contribution is 2.44. The molecule has 0 aliphatic carbocycles. The van der Waals surface area contributed by atoms with Crippen LogP contribution < -0.4 is 15.6 Å². The number of benzene rings is 1. The molecule has 0 spiro atoms. The predicted octanol–water partition coefficient (Wildman–Crippen LogP) is 4.60. The first-order chi connectivity index (χ1) is 31.3. The molecular formula is C51H66N2O13. The quantitative estimate of drug-likeness (QED) is 0.0492. The van der Waals surface area contributed by atoms with Crippen molar-refractivity contribution in [2.45, 2.75) is 110 Å². The molecule has 358 valence electrons. The molecule has 0 unspecified atom stereocenters. The van der Waals surface area contributed by atoms with Crippen molar-refractivity contribution in [1.29, 1.82) is 0 Å². The molecule has 1 aromatic carbocycles. The number of carbonyl (C=O) groups is 3. The third kappa shape index (κ3) is 12.3. The lowest BCUT2D eigenvalue weighted by Crippen LogP contribution is -2.69. The summed E-state index contributed by atoms with van der Waals surface area (Å²) in [6.45, 7) is 12.2. The van der Waals surface area contributed by atoms with E-state index in [0.29, 0.717) is 0 Å². The van der Waals surface area contributed by atoms with E-state index in [1.54, 1.807) is 112 Å². The van der Waals surface area contributed by atoms with Gasteiger partial charge in [0.1, 0.15) is 35.7 Å². The first-order valence-electron chi connectivity index (χ1n) is 22.0. The fraction of sp³-hybridized carbons (Fsp3) is 0.451. The van der Waals surface area contributed by atoms with E-state index in [4.69, 9.17) is 18.9 Å². The minimum atomic E-state index is -2.35. The molecule has 0 bridgehead atoms. The second kappa shape index (κ2) is 23.9. The van der Waals surface area contributed by atoms with E-state index < -0.39 is 95.1 Å². The average molecular weight is 915 g/mol. The third-order valence-corrected chi connectivity index (χ3v) is 12.2. The molecule has 15 nitrogen and oxygen atoms in total. The van der Waals surface area contributed by atoms with Crippen LogP contribution in [0.2, 0.25) is 0 Å². The number of ether oxygens (including phenoxy) is 4. The van der Waals surface area contributed by atoms with Gasteiger partial charge in [0.25, 0.3) is 5.56 Å². The minimum Gasteiger partial charge on any atom is -0.422 e. The average Bonchev–Trinajstić information content (AvgIpc) is 3.58. The molecule has 2 saturated heterocycles. The summed E-state index contributed by atoms with van der Waals surface area (Å²) in [6.07, 6.45) is 12.8. The molecule has 0 radical (unpaired) electrons. The molecule has 2 aliphatic heterocycles. The number of aromatic nitrogens is 1. The molecule has 3 heterocycles. The molecule has 2 aliphatic rings. The number of Topliss-reactive ketones (excluding diaryl/α,β-unsaturated/α-hetero) is 1. The van der Waals surface area contributed by atoms with Gasteiger partial charge in [0.15, 0.2) is 5.78 Å². The number of aliphatic hydroxyl groups is 5. The lowest BCUT2D eigenvalue weighted by atomic mass is 9.71. The van der Waals surface area contributed by atoms with Gasteiger partial charge in [0.2, 0.25) is 11.7 Å². The van der Waals surface area contributed by atoms with Crippen LogP contribution >= 0.6 is 0 Å². The summed E-state index contributed by atoms with van der Waals surface area (Å²) in [5, 5.41) is 58.3. The smallest absolute Gasteiger partial charge is 0.343 e. The van der Waals surface area contributed by atoms with Gasteiger partial charge in [-0.3, -0.25) is 14.4 Å². The van der Waals surface area contributed by atoms with E-state index >= 15 is 0 Å². The Balaban J connectivity index is 1.35. The van der Waals surface area contributed by atoms with Crippen LogP contribution in [0, 0.1) is 17.3 Å². The van der Waals surface area contributed by atoms with Gasteiger partial charge in [-0.2, -0.15) is 0 Å². The molecular weight excluding hydrogens is 849 g/mol. The Hall–Kier alpha value is -5.36. The first-order valence-corrected chi connectivity index (χ1v) is 22.0. The predicted molar refractivity (Wildman–Crippen MR) is 249 cm³/mol. The normalized spacial score (nSPS) is 27.6. The van der Waals surface area contributed by atoms with Crippen molar-refractivity contribution in [3.05, 3.63) is 148 Å². The Morgan fingerprint density at radius 2 is 1.61 bits per heavy atom. The van der Waals surface area contributed by atoms with Crippen LogP contribution in [0.3, 0.4) is 0 Å².